The van der Waals surface area contributed by atoms with Crippen LogP contribution in [0.5, 0.6) is 0 Å². The van der Waals surface area contributed by atoms with Crippen molar-refractivity contribution in [2.75, 3.05) is 13.2 Å². The van der Waals surface area contributed by atoms with Crippen LogP contribution in [0.3, 0.4) is 0 Å². The van der Waals surface area contributed by atoms with Gasteiger partial charge in [-0.2, -0.15) is 0 Å². The Hall–Kier alpha value is -2.63. The average Bonchev–Trinajstić information content (AvgIpc) is 3.19. The van der Waals surface area contributed by atoms with Gasteiger partial charge in [-0.1, -0.05) is 198 Å². The molecule has 1 unspecified atom stereocenters. The predicted octanol–water partition coefficient (Wildman–Crippen LogP) is 15.1. The van der Waals surface area contributed by atoms with Crippen LogP contribution >= 0.6 is 0 Å². The number of hydrogen-bond acceptors (Lipinski definition) is 6. The van der Waals surface area contributed by atoms with Gasteiger partial charge in [0, 0.05) is 19.3 Å². The van der Waals surface area contributed by atoms with Crippen molar-refractivity contribution in [3.63, 3.8) is 0 Å². The number of esters is 3. The second kappa shape index (κ2) is 45.1. The molecule has 1 atom stereocenters. The number of rotatable bonds is 42. The smallest absolute Gasteiger partial charge is 0.306 e. The molecule has 0 amide bonds. The van der Waals surface area contributed by atoms with Gasteiger partial charge >= 0.3 is 17.9 Å². The number of allylic oxidation sites excluding steroid dienone is 8. The van der Waals surface area contributed by atoms with E-state index in [4.69, 9.17) is 14.2 Å². The van der Waals surface area contributed by atoms with Crippen molar-refractivity contribution in [1.82, 2.24) is 0 Å². The molecule has 0 saturated carbocycles. The zero-order chi connectivity index (χ0) is 40.8. The maximum absolute atomic E-state index is 12.7. The maximum atomic E-state index is 12.7. The third-order valence-electron chi connectivity index (χ3n) is 10.1. The van der Waals surface area contributed by atoms with Crippen LogP contribution in [-0.4, -0.2) is 37.2 Å². The van der Waals surface area contributed by atoms with Crippen molar-refractivity contribution in [3.8, 4) is 0 Å². The minimum absolute atomic E-state index is 0.0940. The molecule has 0 saturated heterocycles. The van der Waals surface area contributed by atoms with Crippen molar-refractivity contribution in [2.45, 2.75) is 239 Å². The molecule has 0 radical (unpaired) electrons. The summed E-state index contributed by atoms with van der Waals surface area (Å²) in [5, 5.41) is 0. The second-order valence-electron chi connectivity index (χ2n) is 15.6. The zero-order valence-corrected chi connectivity index (χ0v) is 36.9. The third-order valence-corrected chi connectivity index (χ3v) is 10.1. The molecule has 0 aromatic heterocycles. The summed E-state index contributed by atoms with van der Waals surface area (Å²) in [6.45, 7) is 6.43. The normalized spacial score (nSPS) is 12.4. The van der Waals surface area contributed by atoms with E-state index in [1.165, 1.54) is 116 Å². The SMILES string of the molecule is CC/C=C\C/C=C\C/C=C\CCCC(=O)OC(COC(=O)CCCCCCC/C=C\CCCC)COC(=O)CCCCCCCCCCCCCCCCCC. The number of carbonyl (C=O) groups is 3. The van der Waals surface area contributed by atoms with E-state index in [2.05, 4.69) is 69.4 Å². The number of ether oxygens (including phenoxy) is 3. The monoisotopic (exact) mass is 785 g/mol. The number of unbranched alkanes of at least 4 members (excludes halogenated alkanes) is 23. The lowest BCUT2D eigenvalue weighted by Gasteiger charge is -2.18. The molecular weight excluding hydrogens is 697 g/mol. The van der Waals surface area contributed by atoms with Crippen molar-refractivity contribution in [3.05, 3.63) is 48.6 Å². The van der Waals surface area contributed by atoms with Crippen LogP contribution in [0.4, 0.5) is 0 Å². The Morgan fingerprint density at radius 1 is 0.375 bits per heavy atom. The molecule has 324 valence electrons. The first-order chi connectivity index (χ1) is 27.5. The molecule has 0 aliphatic rings. The largest absolute Gasteiger partial charge is 0.462 e. The van der Waals surface area contributed by atoms with E-state index in [1.54, 1.807) is 0 Å². The van der Waals surface area contributed by atoms with Gasteiger partial charge < -0.3 is 14.2 Å². The van der Waals surface area contributed by atoms with E-state index in [9.17, 15) is 14.4 Å². The molecule has 0 aromatic rings. The summed E-state index contributed by atoms with van der Waals surface area (Å²) in [5.74, 6) is -0.958. The predicted molar refractivity (Wildman–Crippen MR) is 238 cm³/mol. The lowest BCUT2D eigenvalue weighted by Crippen LogP contribution is -2.30. The first-order valence-electron chi connectivity index (χ1n) is 23.6. The summed E-state index contributed by atoms with van der Waals surface area (Å²) in [6, 6.07) is 0. The third kappa shape index (κ3) is 42.5. The molecule has 0 aliphatic heterocycles. The Morgan fingerprint density at radius 2 is 0.732 bits per heavy atom. The Morgan fingerprint density at radius 3 is 1.21 bits per heavy atom. The number of carbonyl (C=O) groups excluding carboxylic acids is 3. The average molecular weight is 785 g/mol. The molecule has 0 N–H and O–H groups in total. The lowest BCUT2D eigenvalue weighted by molar-refractivity contribution is -0.167. The van der Waals surface area contributed by atoms with E-state index in [0.29, 0.717) is 19.3 Å². The fourth-order valence-electron chi connectivity index (χ4n) is 6.50. The van der Waals surface area contributed by atoms with Crippen molar-refractivity contribution in [2.24, 2.45) is 0 Å². The van der Waals surface area contributed by atoms with E-state index in [-0.39, 0.29) is 37.5 Å². The standard InChI is InChI=1S/C50H88O6/c1-4-7-10-13-16-19-22-23-24-25-26-29-31-34-37-40-43-49(52)55-46-47(56-50(53)44-41-38-35-32-28-21-18-15-12-9-6-3)45-54-48(51)42-39-36-33-30-27-20-17-14-11-8-5-2/h9,12,14,17-18,21,32,35,47H,4-8,10-11,13,15-16,19-20,22-31,33-34,36-46H2,1-3H3/b12-9-,17-14-,21-18-,35-32-. The van der Waals surface area contributed by atoms with Gasteiger partial charge in [0.05, 0.1) is 0 Å². The van der Waals surface area contributed by atoms with E-state index in [1.807, 2.05) is 0 Å². The highest BCUT2D eigenvalue weighted by atomic mass is 16.6. The summed E-state index contributed by atoms with van der Waals surface area (Å²) in [5.41, 5.74) is 0. The molecule has 0 rings (SSSR count). The fourth-order valence-corrected chi connectivity index (χ4v) is 6.50. The minimum Gasteiger partial charge on any atom is -0.462 e. The van der Waals surface area contributed by atoms with Crippen LogP contribution < -0.4 is 0 Å². The van der Waals surface area contributed by atoms with Crippen LogP contribution in [0.2, 0.25) is 0 Å². The molecule has 0 spiro atoms. The highest BCUT2D eigenvalue weighted by molar-refractivity contribution is 5.71. The van der Waals surface area contributed by atoms with Gasteiger partial charge in [0.15, 0.2) is 6.10 Å². The van der Waals surface area contributed by atoms with E-state index in [0.717, 1.165) is 70.6 Å². The zero-order valence-electron chi connectivity index (χ0n) is 36.9. The van der Waals surface area contributed by atoms with Crippen LogP contribution in [-0.2, 0) is 28.6 Å². The Balaban J connectivity index is 4.37. The van der Waals surface area contributed by atoms with Crippen molar-refractivity contribution in [1.29, 1.82) is 0 Å². The molecule has 0 heterocycles. The first-order valence-corrected chi connectivity index (χ1v) is 23.6. The van der Waals surface area contributed by atoms with Gasteiger partial charge in [-0.25, -0.2) is 0 Å². The second-order valence-corrected chi connectivity index (χ2v) is 15.6. The van der Waals surface area contributed by atoms with Gasteiger partial charge in [-0.05, 0) is 64.2 Å². The van der Waals surface area contributed by atoms with Crippen LogP contribution in [0.25, 0.3) is 0 Å². The molecule has 0 bridgehead atoms. The number of hydrogen-bond donors (Lipinski definition) is 0. The molecule has 56 heavy (non-hydrogen) atoms. The highest BCUT2D eigenvalue weighted by Crippen LogP contribution is 2.15. The van der Waals surface area contributed by atoms with Crippen LogP contribution in [0.15, 0.2) is 48.6 Å². The molecular formula is C50H88O6. The van der Waals surface area contributed by atoms with Gasteiger partial charge in [0.1, 0.15) is 13.2 Å². The summed E-state index contributed by atoms with van der Waals surface area (Å²) in [4.78, 5) is 37.7. The fraction of sp³-hybridized carbons (Fsp3) is 0.780. The van der Waals surface area contributed by atoms with Crippen molar-refractivity contribution >= 4 is 17.9 Å². The summed E-state index contributed by atoms with van der Waals surface area (Å²) < 4.78 is 16.7. The molecule has 6 heteroatoms. The Kier molecular flexibility index (Phi) is 43.0. The maximum Gasteiger partial charge on any atom is 0.306 e. The molecule has 0 aliphatic carbocycles. The quantitative estimate of drug-likeness (QED) is 0.0265. The van der Waals surface area contributed by atoms with E-state index < -0.39 is 6.10 Å². The van der Waals surface area contributed by atoms with Gasteiger partial charge in [-0.15, -0.1) is 0 Å². The highest BCUT2D eigenvalue weighted by Gasteiger charge is 2.19. The summed E-state index contributed by atoms with van der Waals surface area (Å²) in [7, 11) is 0. The van der Waals surface area contributed by atoms with E-state index >= 15 is 0 Å². The topological polar surface area (TPSA) is 78.9 Å². The first kappa shape index (κ1) is 53.4. The van der Waals surface area contributed by atoms with Gasteiger partial charge in [-0.3, -0.25) is 14.4 Å². The molecule has 6 nitrogen and oxygen atoms in total. The van der Waals surface area contributed by atoms with Gasteiger partial charge in [0.25, 0.3) is 0 Å². The molecule has 0 aromatic carbocycles. The summed E-state index contributed by atoms with van der Waals surface area (Å²) in [6.07, 6.45) is 52.5. The lowest BCUT2D eigenvalue weighted by atomic mass is 10.0. The van der Waals surface area contributed by atoms with Gasteiger partial charge in [0.2, 0.25) is 0 Å². The Labute approximate surface area is 346 Å². The van der Waals surface area contributed by atoms with Crippen LogP contribution in [0.1, 0.15) is 233 Å². The van der Waals surface area contributed by atoms with Crippen LogP contribution in [0, 0.1) is 0 Å². The Bertz CT molecular complexity index is 996. The molecule has 0 fully saturated rings. The van der Waals surface area contributed by atoms with Crippen molar-refractivity contribution < 1.29 is 28.6 Å². The summed E-state index contributed by atoms with van der Waals surface area (Å²) >= 11 is 0. The minimum atomic E-state index is -0.797.